The van der Waals surface area contributed by atoms with Crippen molar-refractivity contribution in [2.24, 2.45) is 0 Å². The average Bonchev–Trinajstić information content (AvgIpc) is 3.27. The second kappa shape index (κ2) is 11.1. The van der Waals surface area contributed by atoms with Crippen LogP contribution in [0.2, 0.25) is 0 Å². The molecule has 4 aromatic rings. The van der Waals surface area contributed by atoms with E-state index in [1.54, 1.807) is 36.7 Å². The number of benzene rings is 1. The molecule has 1 amide bonds. The van der Waals surface area contributed by atoms with Gasteiger partial charge in [-0.2, -0.15) is 0 Å². The van der Waals surface area contributed by atoms with E-state index in [0.717, 1.165) is 9.88 Å². The van der Waals surface area contributed by atoms with Crippen LogP contribution in [0, 0.1) is 6.92 Å². The number of nitrogens with zero attached hydrogens (tertiary/aromatic N) is 3. The van der Waals surface area contributed by atoms with Gasteiger partial charge in [0, 0.05) is 29.5 Å². The molecule has 2 atom stereocenters. The summed E-state index contributed by atoms with van der Waals surface area (Å²) >= 11 is -0.777. The molecule has 0 saturated heterocycles. The quantitative estimate of drug-likeness (QED) is 0.302. The molecule has 3 aromatic heterocycles. The first-order chi connectivity index (χ1) is 16.5. The summed E-state index contributed by atoms with van der Waals surface area (Å²) in [6.07, 6.45) is 4.78. The number of thiazole rings is 1. The van der Waals surface area contributed by atoms with Crippen LogP contribution < -0.4 is 14.8 Å². The number of carbonyl (C=O) groups is 1. The van der Waals surface area contributed by atoms with Crippen molar-refractivity contribution in [3.05, 3.63) is 99.9 Å². The van der Waals surface area contributed by atoms with Crippen molar-refractivity contribution < 1.29 is 18.3 Å². The standard InChI is InChI=1S/C23H21N5O4S2/c1-15-24-13-19(33-15)14-27-23(29)20-9-7-16(11-25-20)22(28-34(30)31)17-8-10-21(26-12-17)32-18-5-3-2-4-6-18/h2-13,22,28H,14H2,1H3,(H,27,29)(H,30,31). The average molecular weight is 496 g/mol. The molecule has 0 bridgehead atoms. The lowest BCUT2D eigenvalue weighted by molar-refractivity contribution is 0.0946. The fourth-order valence-electron chi connectivity index (χ4n) is 3.12. The highest BCUT2D eigenvalue weighted by Crippen LogP contribution is 2.25. The molecule has 2 unspecified atom stereocenters. The third-order valence-corrected chi connectivity index (χ3v) is 6.07. The Kier molecular flexibility index (Phi) is 7.70. The smallest absolute Gasteiger partial charge is 0.270 e. The number of aryl methyl sites for hydroxylation is 1. The molecule has 0 aliphatic heterocycles. The minimum atomic E-state index is -2.29. The van der Waals surface area contributed by atoms with E-state index in [1.807, 2.05) is 37.3 Å². The van der Waals surface area contributed by atoms with Crippen LogP contribution >= 0.6 is 11.3 Å². The summed E-state index contributed by atoms with van der Waals surface area (Å²) in [5, 5.41) is 3.74. The number of amides is 1. The highest BCUT2D eigenvalue weighted by atomic mass is 32.2. The predicted octanol–water partition coefficient (Wildman–Crippen LogP) is 3.78. The zero-order chi connectivity index (χ0) is 23.9. The molecule has 11 heteroatoms. The van der Waals surface area contributed by atoms with Gasteiger partial charge in [0.25, 0.3) is 5.91 Å². The maximum absolute atomic E-state index is 12.4. The molecular weight excluding hydrogens is 474 g/mol. The molecule has 34 heavy (non-hydrogen) atoms. The Labute approximate surface area is 202 Å². The van der Waals surface area contributed by atoms with E-state index < -0.39 is 17.3 Å². The van der Waals surface area contributed by atoms with E-state index in [1.165, 1.54) is 17.5 Å². The van der Waals surface area contributed by atoms with Gasteiger partial charge in [-0.3, -0.25) is 14.3 Å². The lowest BCUT2D eigenvalue weighted by Gasteiger charge is -2.17. The number of nitrogens with one attached hydrogen (secondary N) is 2. The maximum atomic E-state index is 12.4. The largest absolute Gasteiger partial charge is 0.439 e. The molecule has 9 nitrogen and oxygen atoms in total. The third-order valence-electron chi connectivity index (χ3n) is 4.72. The Morgan fingerprint density at radius 1 is 1.03 bits per heavy atom. The number of ether oxygens (including phenoxy) is 1. The van der Waals surface area contributed by atoms with Gasteiger partial charge >= 0.3 is 0 Å². The number of para-hydroxylation sites is 1. The van der Waals surface area contributed by atoms with Crippen molar-refractivity contribution in [2.75, 3.05) is 0 Å². The zero-order valence-corrected chi connectivity index (χ0v) is 19.7. The van der Waals surface area contributed by atoms with Crippen molar-refractivity contribution >= 4 is 28.5 Å². The molecule has 0 saturated carbocycles. The summed E-state index contributed by atoms with van der Waals surface area (Å²) in [5.74, 6) is 0.717. The Balaban J connectivity index is 1.46. The van der Waals surface area contributed by atoms with Crippen LogP contribution in [0.3, 0.4) is 0 Å². The highest BCUT2D eigenvalue weighted by molar-refractivity contribution is 7.77. The lowest BCUT2D eigenvalue weighted by atomic mass is 10.0. The van der Waals surface area contributed by atoms with E-state index in [0.29, 0.717) is 29.3 Å². The second-order valence-corrected chi connectivity index (χ2v) is 9.20. The van der Waals surface area contributed by atoms with Gasteiger partial charge in [-0.05, 0) is 36.2 Å². The molecule has 174 valence electrons. The molecule has 1 aromatic carbocycles. The molecule has 0 fully saturated rings. The first-order valence-corrected chi connectivity index (χ1v) is 12.1. The van der Waals surface area contributed by atoms with E-state index in [2.05, 4.69) is 25.0 Å². The Hall–Kier alpha value is -3.51. The first-order valence-electron chi connectivity index (χ1n) is 10.2. The number of rotatable bonds is 9. The Bertz CT molecular complexity index is 1260. The summed E-state index contributed by atoms with van der Waals surface area (Å²) < 4.78 is 29.2. The summed E-state index contributed by atoms with van der Waals surface area (Å²) in [7, 11) is 0. The Morgan fingerprint density at radius 3 is 2.35 bits per heavy atom. The monoisotopic (exact) mass is 495 g/mol. The van der Waals surface area contributed by atoms with Crippen molar-refractivity contribution in [2.45, 2.75) is 19.5 Å². The summed E-state index contributed by atoms with van der Waals surface area (Å²) in [6, 6.07) is 15.2. The minimum absolute atomic E-state index is 0.235. The van der Waals surface area contributed by atoms with Crippen molar-refractivity contribution in [3.63, 3.8) is 0 Å². The van der Waals surface area contributed by atoms with Crippen LogP contribution in [0.1, 0.15) is 37.5 Å². The van der Waals surface area contributed by atoms with Gasteiger partial charge in [0.15, 0.2) is 0 Å². The normalized spacial score (nSPS) is 12.6. The summed E-state index contributed by atoms with van der Waals surface area (Å²) in [6.45, 7) is 2.27. The van der Waals surface area contributed by atoms with Gasteiger partial charge < -0.3 is 10.1 Å². The molecule has 3 heterocycles. The third kappa shape index (κ3) is 6.29. The second-order valence-electron chi connectivity index (χ2n) is 7.15. The molecular formula is C23H21N5O4S2. The fourth-order valence-corrected chi connectivity index (χ4v) is 4.33. The SMILES string of the molecule is Cc1ncc(CNC(=O)c2ccc(C(NS(=O)O)c3ccc(Oc4ccccc4)nc3)cn2)s1. The van der Waals surface area contributed by atoms with Crippen molar-refractivity contribution in [1.82, 2.24) is 25.0 Å². The molecule has 4 rings (SSSR count). The number of pyridine rings is 2. The highest BCUT2D eigenvalue weighted by Gasteiger charge is 2.18. The molecule has 3 N–H and O–H groups in total. The van der Waals surface area contributed by atoms with Crippen LogP contribution in [0.5, 0.6) is 11.6 Å². The van der Waals surface area contributed by atoms with E-state index in [9.17, 15) is 13.6 Å². The van der Waals surface area contributed by atoms with E-state index in [4.69, 9.17) is 4.74 Å². The first kappa shape index (κ1) is 23.6. The van der Waals surface area contributed by atoms with Gasteiger partial charge in [0.1, 0.15) is 11.4 Å². The predicted molar refractivity (Wildman–Crippen MR) is 129 cm³/mol. The molecule has 0 radical (unpaired) electrons. The Morgan fingerprint density at radius 2 is 1.76 bits per heavy atom. The number of hydrogen-bond donors (Lipinski definition) is 3. The van der Waals surface area contributed by atoms with E-state index in [-0.39, 0.29) is 11.6 Å². The van der Waals surface area contributed by atoms with Gasteiger partial charge in [-0.1, -0.05) is 30.3 Å². The van der Waals surface area contributed by atoms with Crippen LogP contribution in [0.25, 0.3) is 0 Å². The van der Waals surface area contributed by atoms with Crippen LogP contribution in [-0.2, 0) is 17.8 Å². The van der Waals surface area contributed by atoms with Gasteiger partial charge in [-0.25, -0.2) is 18.9 Å². The minimum Gasteiger partial charge on any atom is -0.439 e. The summed E-state index contributed by atoms with van der Waals surface area (Å²) in [4.78, 5) is 26.1. The van der Waals surface area contributed by atoms with Crippen LogP contribution in [0.4, 0.5) is 0 Å². The molecule has 0 aliphatic rings. The lowest BCUT2D eigenvalue weighted by Crippen LogP contribution is -2.26. The fraction of sp³-hybridized carbons (Fsp3) is 0.130. The zero-order valence-electron chi connectivity index (χ0n) is 18.0. The number of aromatic nitrogens is 3. The molecule has 0 aliphatic carbocycles. The van der Waals surface area contributed by atoms with Crippen molar-refractivity contribution in [3.8, 4) is 11.6 Å². The van der Waals surface area contributed by atoms with Gasteiger partial charge in [0.2, 0.25) is 17.1 Å². The number of hydrogen-bond acceptors (Lipinski definition) is 7. The maximum Gasteiger partial charge on any atom is 0.270 e. The molecule has 0 spiro atoms. The van der Waals surface area contributed by atoms with Gasteiger partial charge in [0.05, 0.1) is 17.6 Å². The van der Waals surface area contributed by atoms with Crippen LogP contribution in [-0.4, -0.2) is 29.6 Å². The summed E-state index contributed by atoms with van der Waals surface area (Å²) in [5.41, 5.74) is 1.46. The van der Waals surface area contributed by atoms with E-state index >= 15 is 0 Å². The van der Waals surface area contributed by atoms with Crippen molar-refractivity contribution in [1.29, 1.82) is 0 Å². The number of carbonyl (C=O) groups excluding carboxylic acids is 1. The topological polar surface area (TPSA) is 126 Å². The van der Waals surface area contributed by atoms with Gasteiger partial charge in [-0.15, -0.1) is 11.3 Å². The van der Waals surface area contributed by atoms with Crippen LogP contribution in [0.15, 0.2) is 73.2 Å².